The molecule has 0 saturated heterocycles. The van der Waals surface area contributed by atoms with Crippen LogP contribution in [0.15, 0.2) is 35.1 Å². The second-order valence-electron chi connectivity index (χ2n) is 6.27. The fourth-order valence-electron chi connectivity index (χ4n) is 3.08. The first-order valence-electron chi connectivity index (χ1n) is 8.53. The van der Waals surface area contributed by atoms with Gasteiger partial charge < -0.3 is 5.32 Å². The van der Waals surface area contributed by atoms with Crippen molar-refractivity contribution in [2.45, 2.75) is 33.1 Å². The van der Waals surface area contributed by atoms with Crippen molar-refractivity contribution in [2.24, 2.45) is 0 Å². The van der Waals surface area contributed by atoms with Crippen molar-refractivity contribution in [1.82, 2.24) is 19.9 Å². The topological polar surface area (TPSA) is 79.3 Å². The lowest BCUT2D eigenvalue weighted by atomic mass is 10.1. The van der Waals surface area contributed by atoms with Gasteiger partial charge in [0.1, 0.15) is 0 Å². The Morgan fingerprint density at radius 1 is 1.27 bits per heavy atom. The van der Waals surface area contributed by atoms with Crippen molar-refractivity contribution in [3.05, 3.63) is 68.2 Å². The second kappa shape index (κ2) is 7.74. The van der Waals surface area contributed by atoms with Gasteiger partial charge in [0, 0.05) is 35.4 Å². The zero-order valence-corrected chi connectivity index (χ0v) is 15.6. The van der Waals surface area contributed by atoms with Crippen LogP contribution < -0.4 is 10.9 Å². The number of nitrogens with zero attached hydrogens (tertiary/aromatic N) is 2. The zero-order valence-electron chi connectivity index (χ0n) is 14.8. The van der Waals surface area contributed by atoms with Crippen molar-refractivity contribution in [3.63, 3.8) is 0 Å². The Balaban J connectivity index is 1.58. The quantitative estimate of drug-likeness (QED) is 0.698. The molecule has 6 nitrogen and oxygen atoms in total. The molecule has 3 rings (SSSR count). The van der Waals surface area contributed by atoms with Crippen molar-refractivity contribution < 1.29 is 4.79 Å². The van der Waals surface area contributed by atoms with E-state index in [-0.39, 0.29) is 11.5 Å². The highest BCUT2D eigenvalue weighted by atomic mass is 35.5. The summed E-state index contributed by atoms with van der Waals surface area (Å²) in [7, 11) is 0. The SMILES string of the molecule is Cc1nc2cc(=O)[nH]n2c(C)c1CCC(=O)NCCc1ccccc1Cl. The minimum Gasteiger partial charge on any atom is -0.356 e. The monoisotopic (exact) mass is 372 g/mol. The number of aromatic amines is 1. The van der Waals surface area contributed by atoms with Crippen LogP contribution in [0.1, 0.15) is 28.9 Å². The molecular formula is C19H21ClN4O2. The third-order valence-corrected chi connectivity index (χ3v) is 4.85. The molecule has 0 aliphatic carbocycles. The number of H-pyrrole nitrogens is 1. The van der Waals surface area contributed by atoms with Gasteiger partial charge in [-0.25, -0.2) is 9.50 Å². The summed E-state index contributed by atoms with van der Waals surface area (Å²) in [5, 5.41) is 6.37. The molecule has 1 aromatic carbocycles. The van der Waals surface area contributed by atoms with Gasteiger partial charge in [-0.2, -0.15) is 0 Å². The highest BCUT2D eigenvalue weighted by Gasteiger charge is 2.12. The van der Waals surface area contributed by atoms with E-state index < -0.39 is 0 Å². The molecule has 2 heterocycles. The van der Waals surface area contributed by atoms with Gasteiger partial charge >= 0.3 is 0 Å². The van der Waals surface area contributed by atoms with E-state index >= 15 is 0 Å². The molecule has 0 atom stereocenters. The Morgan fingerprint density at radius 3 is 2.81 bits per heavy atom. The second-order valence-corrected chi connectivity index (χ2v) is 6.67. The van der Waals surface area contributed by atoms with E-state index in [0.717, 1.165) is 22.5 Å². The van der Waals surface area contributed by atoms with Gasteiger partial charge in [0.2, 0.25) is 5.91 Å². The predicted molar refractivity (Wildman–Crippen MR) is 102 cm³/mol. The summed E-state index contributed by atoms with van der Waals surface area (Å²) >= 11 is 6.12. The number of carbonyl (C=O) groups excluding carboxylic acids is 1. The Kier molecular flexibility index (Phi) is 5.42. The number of benzene rings is 1. The van der Waals surface area contributed by atoms with Crippen LogP contribution in [0.25, 0.3) is 5.65 Å². The van der Waals surface area contributed by atoms with Crippen molar-refractivity contribution in [2.75, 3.05) is 6.54 Å². The number of halogens is 1. The smallest absolute Gasteiger partial charge is 0.266 e. The molecule has 0 fully saturated rings. The molecule has 136 valence electrons. The first kappa shape index (κ1) is 18.2. The van der Waals surface area contributed by atoms with E-state index in [1.165, 1.54) is 6.07 Å². The maximum absolute atomic E-state index is 12.2. The number of aromatic nitrogens is 3. The molecule has 0 aliphatic rings. The fraction of sp³-hybridized carbons (Fsp3) is 0.316. The fourth-order valence-corrected chi connectivity index (χ4v) is 3.31. The number of carbonyl (C=O) groups is 1. The summed E-state index contributed by atoms with van der Waals surface area (Å²) in [5.41, 5.74) is 4.15. The Labute approximate surface area is 156 Å². The van der Waals surface area contributed by atoms with E-state index in [4.69, 9.17) is 11.6 Å². The van der Waals surface area contributed by atoms with E-state index in [1.807, 2.05) is 38.1 Å². The number of fused-ring (bicyclic) bond motifs is 1. The predicted octanol–water partition coefficient (Wildman–Crippen LogP) is 2.58. The third-order valence-electron chi connectivity index (χ3n) is 4.48. The highest BCUT2D eigenvalue weighted by Crippen LogP contribution is 2.16. The van der Waals surface area contributed by atoms with Gasteiger partial charge in [0.25, 0.3) is 5.56 Å². The molecule has 0 unspecified atom stereocenters. The summed E-state index contributed by atoms with van der Waals surface area (Å²) in [6.45, 7) is 4.36. The number of amides is 1. The molecular weight excluding hydrogens is 352 g/mol. The molecule has 0 radical (unpaired) electrons. The van der Waals surface area contributed by atoms with Crippen molar-refractivity contribution >= 4 is 23.2 Å². The molecule has 26 heavy (non-hydrogen) atoms. The maximum Gasteiger partial charge on any atom is 0.266 e. The molecule has 7 heteroatoms. The zero-order chi connectivity index (χ0) is 18.7. The van der Waals surface area contributed by atoms with Crippen LogP contribution in [0.3, 0.4) is 0 Å². The Hall–Kier alpha value is -2.60. The average Bonchev–Trinajstić information content (AvgIpc) is 2.97. The number of hydrogen-bond donors (Lipinski definition) is 2. The van der Waals surface area contributed by atoms with Crippen LogP contribution in [0.2, 0.25) is 5.02 Å². The van der Waals surface area contributed by atoms with Crippen LogP contribution in [0, 0.1) is 13.8 Å². The lowest BCUT2D eigenvalue weighted by Crippen LogP contribution is -2.26. The van der Waals surface area contributed by atoms with Crippen LogP contribution in [0.4, 0.5) is 0 Å². The number of rotatable bonds is 6. The molecule has 0 aliphatic heterocycles. The van der Waals surface area contributed by atoms with Crippen LogP contribution in [-0.2, 0) is 17.6 Å². The highest BCUT2D eigenvalue weighted by molar-refractivity contribution is 6.31. The molecule has 0 spiro atoms. The molecule has 3 aromatic rings. The van der Waals surface area contributed by atoms with Gasteiger partial charge in [0.05, 0.1) is 0 Å². The van der Waals surface area contributed by atoms with E-state index in [0.29, 0.717) is 36.5 Å². The van der Waals surface area contributed by atoms with Gasteiger partial charge in [-0.05, 0) is 43.9 Å². The van der Waals surface area contributed by atoms with Crippen molar-refractivity contribution in [1.29, 1.82) is 0 Å². The summed E-state index contributed by atoms with van der Waals surface area (Å²) in [4.78, 5) is 28.1. The van der Waals surface area contributed by atoms with Crippen molar-refractivity contribution in [3.8, 4) is 0 Å². The van der Waals surface area contributed by atoms with Crippen LogP contribution >= 0.6 is 11.6 Å². The van der Waals surface area contributed by atoms with Gasteiger partial charge in [-0.1, -0.05) is 29.8 Å². The van der Waals surface area contributed by atoms with Crippen LogP contribution in [0.5, 0.6) is 0 Å². The first-order chi connectivity index (χ1) is 12.5. The minimum atomic E-state index is -0.186. The number of aryl methyl sites for hydroxylation is 2. The maximum atomic E-state index is 12.2. The Morgan fingerprint density at radius 2 is 2.04 bits per heavy atom. The van der Waals surface area contributed by atoms with Gasteiger partial charge in [-0.15, -0.1) is 0 Å². The largest absolute Gasteiger partial charge is 0.356 e. The van der Waals surface area contributed by atoms with Gasteiger partial charge in [0.15, 0.2) is 5.65 Å². The molecule has 2 N–H and O–H groups in total. The van der Waals surface area contributed by atoms with E-state index in [1.54, 1.807) is 4.52 Å². The third kappa shape index (κ3) is 3.96. The molecule has 0 bridgehead atoms. The van der Waals surface area contributed by atoms with Gasteiger partial charge in [-0.3, -0.25) is 14.7 Å². The standard InChI is InChI=1S/C19H21ClN4O2/c1-12-15(13(2)24-17(22-12)11-19(26)23-24)7-8-18(25)21-10-9-14-5-3-4-6-16(14)20/h3-6,11H,7-10H2,1-2H3,(H,21,25)(H,23,26). The molecule has 2 aromatic heterocycles. The summed E-state index contributed by atoms with van der Waals surface area (Å²) in [6, 6.07) is 9.09. The average molecular weight is 373 g/mol. The summed E-state index contributed by atoms with van der Waals surface area (Å²) in [6.07, 6.45) is 1.63. The molecule has 1 amide bonds. The Bertz CT molecular complexity index is 1010. The van der Waals surface area contributed by atoms with E-state index in [9.17, 15) is 9.59 Å². The number of hydrogen-bond acceptors (Lipinski definition) is 3. The van der Waals surface area contributed by atoms with Crippen LogP contribution in [-0.4, -0.2) is 27.0 Å². The summed E-state index contributed by atoms with van der Waals surface area (Å²) < 4.78 is 1.67. The first-order valence-corrected chi connectivity index (χ1v) is 8.91. The van der Waals surface area contributed by atoms with E-state index in [2.05, 4.69) is 15.4 Å². The normalized spacial score (nSPS) is 11.0. The lowest BCUT2D eigenvalue weighted by Gasteiger charge is -2.11. The minimum absolute atomic E-state index is 0.0167. The number of nitrogens with one attached hydrogen (secondary N) is 2. The molecule has 0 saturated carbocycles. The summed E-state index contributed by atoms with van der Waals surface area (Å²) in [5.74, 6) is -0.0167. The lowest BCUT2D eigenvalue weighted by molar-refractivity contribution is -0.121.